The van der Waals surface area contributed by atoms with Crippen molar-refractivity contribution >= 4 is 22.5 Å². The highest BCUT2D eigenvalue weighted by Gasteiger charge is 2.17. The molecule has 0 spiro atoms. The summed E-state index contributed by atoms with van der Waals surface area (Å²) in [6.45, 7) is 4.92. The molecule has 1 aromatic carbocycles. The standard InChI is InChI=1S/C17H18N2O3/c1-2-16(20)19-14-5-6-15(17-13(14)4-3-9-18-17)22-12-7-10-21-11-8-12/h2-6,9,12H,1,7-8,10-11H2,(H,19,20). The minimum atomic E-state index is -0.247. The summed E-state index contributed by atoms with van der Waals surface area (Å²) in [5.41, 5.74) is 1.45. The Morgan fingerprint density at radius 1 is 1.36 bits per heavy atom. The van der Waals surface area contributed by atoms with Crippen LogP contribution in [0.25, 0.3) is 10.9 Å². The van der Waals surface area contributed by atoms with Gasteiger partial charge in [-0.25, -0.2) is 0 Å². The molecule has 0 saturated carbocycles. The third kappa shape index (κ3) is 3.09. The van der Waals surface area contributed by atoms with Crippen molar-refractivity contribution in [3.05, 3.63) is 43.1 Å². The van der Waals surface area contributed by atoms with Crippen LogP contribution in [0.1, 0.15) is 12.8 Å². The predicted molar refractivity (Wildman–Crippen MR) is 85.0 cm³/mol. The van der Waals surface area contributed by atoms with Gasteiger partial charge in [-0.3, -0.25) is 9.78 Å². The van der Waals surface area contributed by atoms with E-state index in [-0.39, 0.29) is 12.0 Å². The van der Waals surface area contributed by atoms with E-state index in [1.807, 2.05) is 24.3 Å². The maximum Gasteiger partial charge on any atom is 0.247 e. The normalized spacial score (nSPS) is 15.5. The van der Waals surface area contributed by atoms with Gasteiger partial charge in [0.2, 0.25) is 5.91 Å². The number of fused-ring (bicyclic) bond motifs is 1. The molecule has 5 nitrogen and oxygen atoms in total. The second-order valence-corrected chi connectivity index (χ2v) is 5.13. The third-order valence-corrected chi connectivity index (χ3v) is 3.64. The summed E-state index contributed by atoms with van der Waals surface area (Å²) in [6, 6.07) is 7.44. The van der Waals surface area contributed by atoms with Crippen LogP contribution in [0.5, 0.6) is 5.75 Å². The van der Waals surface area contributed by atoms with Crippen molar-refractivity contribution < 1.29 is 14.3 Å². The molecular weight excluding hydrogens is 280 g/mol. The number of nitrogens with one attached hydrogen (secondary N) is 1. The Balaban J connectivity index is 1.93. The fourth-order valence-corrected chi connectivity index (χ4v) is 2.51. The first kappa shape index (κ1) is 14.5. The Morgan fingerprint density at radius 2 is 2.18 bits per heavy atom. The van der Waals surface area contributed by atoms with E-state index in [1.165, 1.54) is 6.08 Å². The molecule has 2 heterocycles. The SMILES string of the molecule is C=CC(=O)Nc1ccc(OC2CCOCC2)c2ncccc12. The second kappa shape index (κ2) is 6.58. The van der Waals surface area contributed by atoms with Crippen molar-refractivity contribution in [2.24, 2.45) is 0 Å². The van der Waals surface area contributed by atoms with Gasteiger partial charge in [-0.1, -0.05) is 6.58 Å². The lowest BCUT2D eigenvalue weighted by molar-refractivity contribution is -0.111. The van der Waals surface area contributed by atoms with Crippen LogP contribution in [0.2, 0.25) is 0 Å². The Labute approximate surface area is 128 Å². The summed E-state index contributed by atoms with van der Waals surface area (Å²) in [5.74, 6) is 0.488. The van der Waals surface area contributed by atoms with Crippen LogP contribution in [-0.4, -0.2) is 30.2 Å². The molecule has 0 unspecified atom stereocenters. The second-order valence-electron chi connectivity index (χ2n) is 5.13. The summed E-state index contributed by atoms with van der Waals surface area (Å²) in [6.07, 6.45) is 4.87. The van der Waals surface area contributed by atoms with Crippen LogP contribution in [0.3, 0.4) is 0 Å². The number of aromatic nitrogens is 1. The number of benzene rings is 1. The van der Waals surface area contributed by atoms with E-state index in [9.17, 15) is 4.79 Å². The average molecular weight is 298 g/mol. The van der Waals surface area contributed by atoms with E-state index in [0.717, 1.165) is 42.7 Å². The van der Waals surface area contributed by atoms with Gasteiger partial charge in [0.25, 0.3) is 0 Å². The van der Waals surface area contributed by atoms with E-state index < -0.39 is 0 Å². The van der Waals surface area contributed by atoms with Crippen molar-refractivity contribution in [3.8, 4) is 5.75 Å². The lowest BCUT2D eigenvalue weighted by Gasteiger charge is -2.24. The van der Waals surface area contributed by atoms with Crippen LogP contribution in [0.15, 0.2) is 43.1 Å². The summed E-state index contributed by atoms with van der Waals surface area (Å²) in [4.78, 5) is 15.9. The number of hydrogen-bond acceptors (Lipinski definition) is 4. The van der Waals surface area contributed by atoms with Crippen LogP contribution in [-0.2, 0) is 9.53 Å². The van der Waals surface area contributed by atoms with E-state index in [0.29, 0.717) is 5.69 Å². The van der Waals surface area contributed by atoms with Crippen LogP contribution in [0.4, 0.5) is 5.69 Å². The molecule has 0 atom stereocenters. The first-order chi connectivity index (χ1) is 10.8. The number of nitrogens with zero attached hydrogens (tertiary/aromatic N) is 1. The molecule has 1 aliphatic rings. The van der Waals surface area contributed by atoms with Gasteiger partial charge < -0.3 is 14.8 Å². The lowest BCUT2D eigenvalue weighted by Crippen LogP contribution is -2.26. The van der Waals surface area contributed by atoms with Crippen molar-refractivity contribution in [1.82, 2.24) is 4.98 Å². The fourth-order valence-electron chi connectivity index (χ4n) is 2.51. The summed E-state index contributed by atoms with van der Waals surface area (Å²) in [5, 5.41) is 3.64. The van der Waals surface area contributed by atoms with Gasteiger partial charge in [-0.15, -0.1) is 0 Å². The Morgan fingerprint density at radius 3 is 2.95 bits per heavy atom. The van der Waals surface area contributed by atoms with Crippen molar-refractivity contribution in [1.29, 1.82) is 0 Å². The largest absolute Gasteiger partial charge is 0.488 e. The number of amides is 1. The monoisotopic (exact) mass is 298 g/mol. The fraction of sp³-hybridized carbons (Fsp3) is 0.294. The Kier molecular flexibility index (Phi) is 4.34. The zero-order chi connectivity index (χ0) is 15.4. The molecule has 0 radical (unpaired) electrons. The van der Waals surface area contributed by atoms with Gasteiger partial charge in [-0.2, -0.15) is 0 Å². The van der Waals surface area contributed by atoms with E-state index in [4.69, 9.17) is 9.47 Å². The zero-order valence-electron chi connectivity index (χ0n) is 12.2. The van der Waals surface area contributed by atoms with Gasteiger partial charge in [0, 0.05) is 24.4 Å². The summed E-state index contributed by atoms with van der Waals surface area (Å²) >= 11 is 0. The number of rotatable bonds is 4. The van der Waals surface area contributed by atoms with Crippen molar-refractivity contribution in [2.45, 2.75) is 18.9 Å². The van der Waals surface area contributed by atoms with Gasteiger partial charge in [0.15, 0.2) is 0 Å². The molecule has 114 valence electrons. The van der Waals surface area contributed by atoms with E-state index >= 15 is 0 Å². The third-order valence-electron chi connectivity index (χ3n) is 3.64. The van der Waals surface area contributed by atoms with Gasteiger partial charge in [0.05, 0.1) is 18.9 Å². The molecule has 1 aromatic heterocycles. The number of pyridine rings is 1. The summed E-state index contributed by atoms with van der Waals surface area (Å²) < 4.78 is 11.4. The highest BCUT2D eigenvalue weighted by Crippen LogP contribution is 2.31. The van der Waals surface area contributed by atoms with Crippen LogP contribution < -0.4 is 10.1 Å². The highest BCUT2D eigenvalue weighted by molar-refractivity contribution is 6.06. The number of carbonyl (C=O) groups excluding carboxylic acids is 1. The molecule has 1 fully saturated rings. The smallest absolute Gasteiger partial charge is 0.247 e. The molecule has 5 heteroatoms. The first-order valence-electron chi connectivity index (χ1n) is 7.33. The molecule has 2 aromatic rings. The van der Waals surface area contributed by atoms with Gasteiger partial charge in [-0.05, 0) is 30.3 Å². The molecule has 1 N–H and O–H groups in total. The number of ether oxygens (including phenoxy) is 2. The predicted octanol–water partition coefficient (Wildman–Crippen LogP) is 2.92. The Hall–Kier alpha value is -2.40. The molecule has 1 amide bonds. The topological polar surface area (TPSA) is 60.5 Å². The van der Waals surface area contributed by atoms with E-state index in [2.05, 4.69) is 16.9 Å². The first-order valence-corrected chi connectivity index (χ1v) is 7.33. The molecular formula is C17H18N2O3. The van der Waals surface area contributed by atoms with Gasteiger partial charge in [0.1, 0.15) is 17.4 Å². The molecule has 3 rings (SSSR count). The molecule has 0 aliphatic carbocycles. The van der Waals surface area contributed by atoms with Crippen LogP contribution >= 0.6 is 0 Å². The van der Waals surface area contributed by atoms with Crippen LogP contribution in [0, 0.1) is 0 Å². The van der Waals surface area contributed by atoms with E-state index in [1.54, 1.807) is 6.20 Å². The van der Waals surface area contributed by atoms with Crippen molar-refractivity contribution in [3.63, 3.8) is 0 Å². The lowest BCUT2D eigenvalue weighted by atomic mass is 10.1. The maximum absolute atomic E-state index is 11.5. The number of hydrogen-bond donors (Lipinski definition) is 1. The van der Waals surface area contributed by atoms with Gasteiger partial charge >= 0.3 is 0 Å². The quantitative estimate of drug-likeness (QED) is 0.882. The number of anilines is 1. The zero-order valence-corrected chi connectivity index (χ0v) is 12.2. The maximum atomic E-state index is 11.5. The molecule has 1 aliphatic heterocycles. The molecule has 1 saturated heterocycles. The average Bonchev–Trinajstić information content (AvgIpc) is 2.58. The van der Waals surface area contributed by atoms with Crippen molar-refractivity contribution in [2.75, 3.05) is 18.5 Å². The highest BCUT2D eigenvalue weighted by atomic mass is 16.5. The molecule has 0 bridgehead atoms. The minimum Gasteiger partial charge on any atom is -0.488 e. The summed E-state index contributed by atoms with van der Waals surface area (Å²) in [7, 11) is 0. The minimum absolute atomic E-state index is 0.146. The number of carbonyl (C=O) groups is 1. The Bertz CT molecular complexity index is 693. The molecule has 22 heavy (non-hydrogen) atoms.